The van der Waals surface area contributed by atoms with Gasteiger partial charge in [0.05, 0.1) is 12.2 Å². The first-order valence-electron chi connectivity index (χ1n) is 5.42. The van der Waals surface area contributed by atoms with Crippen LogP contribution in [-0.4, -0.2) is 23.3 Å². The van der Waals surface area contributed by atoms with Crippen LogP contribution in [0, 0.1) is 11.3 Å². The molecule has 3 heteroatoms. The van der Waals surface area contributed by atoms with Gasteiger partial charge < -0.3 is 9.84 Å². The molecule has 1 heterocycles. The molecule has 1 spiro atoms. The molecule has 1 N–H and O–H groups in total. The van der Waals surface area contributed by atoms with E-state index in [9.17, 15) is 9.90 Å². The summed E-state index contributed by atoms with van der Waals surface area (Å²) in [7, 11) is 0. The Kier molecular flexibility index (Phi) is 2.11. The summed E-state index contributed by atoms with van der Waals surface area (Å²) in [6.45, 7) is 4.45. The van der Waals surface area contributed by atoms with Crippen molar-refractivity contribution in [1.29, 1.82) is 0 Å². The Morgan fingerprint density at radius 1 is 1.36 bits per heavy atom. The van der Waals surface area contributed by atoms with Crippen LogP contribution < -0.4 is 0 Å². The average Bonchev–Trinajstić information content (AvgIpc) is 2.63. The van der Waals surface area contributed by atoms with Crippen molar-refractivity contribution in [2.75, 3.05) is 6.61 Å². The highest BCUT2D eigenvalue weighted by molar-refractivity contribution is 5.80. The summed E-state index contributed by atoms with van der Waals surface area (Å²) in [5.74, 6) is -0.0538. The molecule has 3 nitrogen and oxygen atoms in total. The van der Waals surface area contributed by atoms with Gasteiger partial charge in [0, 0.05) is 6.42 Å². The van der Waals surface area contributed by atoms with Crippen LogP contribution in [0.15, 0.2) is 0 Å². The van der Waals surface area contributed by atoms with Gasteiger partial charge >= 0.3 is 5.97 Å². The van der Waals surface area contributed by atoms with Crippen LogP contribution in [0.2, 0.25) is 0 Å². The van der Waals surface area contributed by atoms with Crippen molar-refractivity contribution < 1.29 is 14.6 Å². The topological polar surface area (TPSA) is 46.5 Å². The fraction of sp³-hybridized carbons (Fsp3) is 0.909. The molecule has 1 aliphatic heterocycles. The molecular formula is C11H18O3. The maximum atomic E-state index is 11.7. The summed E-state index contributed by atoms with van der Waals surface area (Å²) in [6.07, 6.45) is 3.16. The number of cyclic esters (lactones) is 1. The lowest BCUT2D eigenvalue weighted by Gasteiger charge is -2.39. The Morgan fingerprint density at radius 3 is 2.57 bits per heavy atom. The SMILES string of the molecule is CC(C)[C@@]1(O)CCC[C@@]12CCOC2=O. The highest BCUT2D eigenvalue weighted by Crippen LogP contribution is 2.55. The van der Waals surface area contributed by atoms with Crippen LogP contribution in [0.4, 0.5) is 0 Å². The zero-order valence-corrected chi connectivity index (χ0v) is 8.88. The third kappa shape index (κ3) is 0.991. The maximum Gasteiger partial charge on any atom is 0.315 e. The van der Waals surface area contributed by atoms with Crippen molar-refractivity contribution >= 4 is 5.97 Å². The van der Waals surface area contributed by atoms with Crippen LogP contribution in [0.3, 0.4) is 0 Å². The highest BCUT2D eigenvalue weighted by Gasteiger charge is 2.62. The Hall–Kier alpha value is -0.570. The van der Waals surface area contributed by atoms with Crippen molar-refractivity contribution in [1.82, 2.24) is 0 Å². The summed E-state index contributed by atoms with van der Waals surface area (Å²) < 4.78 is 5.04. The molecule has 80 valence electrons. The van der Waals surface area contributed by atoms with Gasteiger partial charge in [-0.05, 0) is 25.2 Å². The lowest BCUT2D eigenvalue weighted by molar-refractivity contribution is -0.162. The number of carbonyl (C=O) groups excluding carboxylic acids is 1. The quantitative estimate of drug-likeness (QED) is 0.649. The minimum Gasteiger partial charge on any atom is -0.465 e. The first kappa shape index (κ1) is 9.97. The summed E-state index contributed by atoms with van der Waals surface area (Å²) in [5.41, 5.74) is -1.41. The maximum absolute atomic E-state index is 11.7. The van der Waals surface area contributed by atoms with Gasteiger partial charge in [-0.25, -0.2) is 0 Å². The Morgan fingerprint density at radius 2 is 2.07 bits per heavy atom. The largest absolute Gasteiger partial charge is 0.465 e. The molecule has 2 aliphatic rings. The van der Waals surface area contributed by atoms with Crippen LogP contribution in [0.25, 0.3) is 0 Å². The van der Waals surface area contributed by atoms with Crippen LogP contribution in [-0.2, 0) is 9.53 Å². The molecule has 2 rings (SSSR count). The predicted octanol–water partition coefficient (Wildman–Crippen LogP) is 1.49. The summed E-state index contributed by atoms with van der Waals surface area (Å²) in [6, 6.07) is 0. The second-order valence-electron chi connectivity index (χ2n) is 4.90. The van der Waals surface area contributed by atoms with Gasteiger partial charge in [0.1, 0.15) is 5.41 Å². The van der Waals surface area contributed by atoms with Gasteiger partial charge in [-0.2, -0.15) is 0 Å². The number of ether oxygens (including phenoxy) is 1. The van der Waals surface area contributed by atoms with E-state index in [0.29, 0.717) is 13.0 Å². The Bertz CT molecular complexity index is 257. The van der Waals surface area contributed by atoms with E-state index in [1.165, 1.54) is 0 Å². The normalized spacial score (nSPS) is 42.4. The van der Waals surface area contributed by atoms with Gasteiger partial charge in [-0.1, -0.05) is 13.8 Å². The molecule has 2 atom stereocenters. The Labute approximate surface area is 84.4 Å². The smallest absolute Gasteiger partial charge is 0.315 e. The minimum atomic E-state index is -0.833. The van der Waals surface area contributed by atoms with Gasteiger partial charge in [0.25, 0.3) is 0 Å². The van der Waals surface area contributed by atoms with Crippen molar-refractivity contribution in [3.8, 4) is 0 Å². The third-order valence-electron chi connectivity index (χ3n) is 4.10. The van der Waals surface area contributed by atoms with Crippen LogP contribution in [0.1, 0.15) is 39.5 Å². The van der Waals surface area contributed by atoms with Gasteiger partial charge in [0.2, 0.25) is 0 Å². The molecule has 0 aromatic rings. The summed E-state index contributed by atoms with van der Waals surface area (Å²) >= 11 is 0. The molecule has 1 saturated heterocycles. The number of esters is 1. The van der Waals surface area contributed by atoms with Gasteiger partial charge in [-0.15, -0.1) is 0 Å². The first-order valence-corrected chi connectivity index (χ1v) is 5.42. The second-order valence-corrected chi connectivity index (χ2v) is 4.90. The molecule has 1 saturated carbocycles. The third-order valence-corrected chi connectivity index (χ3v) is 4.10. The summed E-state index contributed by atoms with van der Waals surface area (Å²) in [5, 5.41) is 10.6. The molecule has 14 heavy (non-hydrogen) atoms. The molecule has 0 aromatic heterocycles. The molecular weight excluding hydrogens is 180 g/mol. The molecule has 1 aliphatic carbocycles. The number of hydrogen-bond donors (Lipinski definition) is 1. The molecule has 2 fully saturated rings. The van der Waals surface area contributed by atoms with E-state index < -0.39 is 11.0 Å². The zero-order chi connectivity index (χ0) is 10.4. The molecule has 0 bridgehead atoms. The fourth-order valence-corrected chi connectivity index (χ4v) is 3.14. The molecule has 0 aromatic carbocycles. The average molecular weight is 198 g/mol. The fourth-order valence-electron chi connectivity index (χ4n) is 3.14. The zero-order valence-electron chi connectivity index (χ0n) is 8.88. The van der Waals surface area contributed by atoms with Crippen LogP contribution >= 0.6 is 0 Å². The van der Waals surface area contributed by atoms with Crippen molar-refractivity contribution in [3.63, 3.8) is 0 Å². The monoisotopic (exact) mass is 198 g/mol. The van der Waals surface area contributed by atoms with E-state index in [1.807, 2.05) is 13.8 Å². The van der Waals surface area contributed by atoms with E-state index >= 15 is 0 Å². The molecule has 0 radical (unpaired) electrons. The van der Waals surface area contributed by atoms with Crippen molar-refractivity contribution in [2.24, 2.45) is 11.3 Å². The lowest BCUT2D eigenvalue weighted by atomic mass is 9.68. The van der Waals surface area contributed by atoms with Crippen LogP contribution in [0.5, 0.6) is 0 Å². The summed E-state index contributed by atoms with van der Waals surface area (Å²) in [4.78, 5) is 11.7. The van der Waals surface area contributed by atoms with Gasteiger partial charge in [0.15, 0.2) is 0 Å². The van der Waals surface area contributed by atoms with E-state index in [-0.39, 0.29) is 11.9 Å². The number of hydrogen-bond acceptors (Lipinski definition) is 3. The Balaban J connectivity index is 2.38. The van der Waals surface area contributed by atoms with E-state index in [1.54, 1.807) is 0 Å². The molecule has 0 amide bonds. The standard InChI is InChI=1S/C11H18O3/c1-8(2)11(13)5-3-4-10(11)6-7-14-9(10)12/h8,13H,3-7H2,1-2H3/t10-,11-/m0/s1. The number of carbonyl (C=O) groups is 1. The van der Waals surface area contributed by atoms with Crippen molar-refractivity contribution in [2.45, 2.75) is 45.1 Å². The second kappa shape index (κ2) is 2.96. The highest BCUT2D eigenvalue weighted by atomic mass is 16.5. The predicted molar refractivity (Wildman–Crippen MR) is 51.6 cm³/mol. The van der Waals surface area contributed by atoms with E-state index in [0.717, 1.165) is 19.3 Å². The lowest BCUT2D eigenvalue weighted by Crippen LogP contribution is -2.50. The van der Waals surface area contributed by atoms with E-state index in [4.69, 9.17) is 4.74 Å². The first-order chi connectivity index (χ1) is 6.53. The van der Waals surface area contributed by atoms with E-state index in [2.05, 4.69) is 0 Å². The number of aliphatic hydroxyl groups is 1. The molecule has 0 unspecified atom stereocenters. The van der Waals surface area contributed by atoms with Crippen molar-refractivity contribution in [3.05, 3.63) is 0 Å². The van der Waals surface area contributed by atoms with Gasteiger partial charge in [-0.3, -0.25) is 4.79 Å². The minimum absolute atomic E-state index is 0.121. The number of rotatable bonds is 1.